The highest BCUT2D eigenvalue weighted by molar-refractivity contribution is 7.87. The van der Waals surface area contributed by atoms with Gasteiger partial charge in [0.05, 0.1) is 15.4 Å². The van der Waals surface area contributed by atoms with Crippen LogP contribution in [0.25, 0.3) is 0 Å². The minimum atomic E-state index is -4.92. The van der Waals surface area contributed by atoms with Gasteiger partial charge in [-0.05, 0) is 36.4 Å². The van der Waals surface area contributed by atoms with Crippen LogP contribution in [0.5, 0.6) is 5.75 Å². The third-order valence-corrected chi connectivity index (χ3v) is 6.74. The maximum absolute atomic E-state index is 10.9. The average molecular weight is 536 g/mol. The summed E-state index contributed by atoms with van der Waals surface area (Å²) in [5.74, 6) is -2.48. The van der Waals surface area contributed by atoms with Gasteiger partial charge in [0.15, 0.2) is 0 Å². The number of hydrogen-bond donors (Lipinski definition) is 6. The molecule has 19 heteroatoms. The van der Waals surface area contributed by atoms with Gasteiger partial charge in [0.1, 0.15) is 15.5 Å². The van der Waals surface area contributed by atoms with Crippen LogP contribution in [-0.4, -0.2) is 68.1 Å². The summed E-state index contributed by atoms with van der Waals surface area (Å²) in [5, 5.41) is 17.7. The molecule has 6 N–H and O–H groups in total. The molecule has 2 aromatic rings. The lowest BCUT2D eigenvalue weighted by Gasteiger charge is -2.04. The molecule has 0 radical (unpaired) electrons. The third kappa shape index (κ3) is 7.20. The summed E-state index contributed by atoms with van der Waals surface area (Å²) in [4.78, 5) is 6.96. The molecule has 0 saturated carbocycles. The molecule has 0 amide bonds. The van der Waals surface area contributed by atoms with E-state index in [0.717, 1.165) is 12.1 Å². The van der Waals surface area contributed by atoms with E-state index in [4.69, 9.17) is 28.4 Å². The Morgan fingerprint density at radius 2 is 0.969 bits per heavy atom. The van der Waals surface area contributed by atoms with E-state index in [1.807, 2.05) is 0 Å². The third-order valence-electron chi connectivity index (χ3n) is 3.27. The lowest BCUT2D eigenvalue weighted by atomic mass is 10.2. The van der Waals surface area contributed by atoms with Gasteiger partial charge in [-0.3, -0.25) is 18.2 Å². The number of carboxylic acid groups (broad SMARTS) is 1. The molecule has 0 fully saturated rings. The summed E-state index contributed by atoms with van der Waals surface area (Å²) in [6.45, 7) is 0. The van der Waals surface area contributed by atoms with Gasteiger partial charge in [0.2, 0.25) is 0 Å². The molecule has 0 aromatic heterocycles. The first kappa shape index (κ1) is 27.4. The lowest BCUT2D eigenvalue weighted by molar-refractivity contribution is 0.0692. The van der Waals surface area contributed by atoms with E-state index in [9.17, 15) is 38.5 Å². The Labute approximate surface area is 180 Å². The van der Waals surface area contributed by atoms with E-state index in [1.165, 1.54) is 0 Å². The SMILES string of the molecule is O=C(O)c1ccc(S(=O)(=O)O)cc1S(=O)(=O)O.O=S(=O)(O)c1ccc(O)c(S(=O)(=O)O)c1. The molecule has 0 heterocycles. The van der Waals surface area contributed by atoms with Crippen LogP contribution >= 0.6 is 0 Å². The molecule has 0 atom stereocenters. The number of carboxylic acids is 1. The Morgan fingerprint density at radius 3 is 1.31 bits per heavy atom. The molecular weight excluding hydrogens is 524 g/mol. The molecule has 0 unspecified atom stereocenters. The minimum Gasteiger partial charge on any atom is -0.506 e. The second-order valence-electron chi connectivity index (χ2n) is 5.49. The largest absolute Gasteiger partial charge is 0.506 e. The first-order valence-electron chi connectivity index (χ1n) is 7.26. The smallest absolute Gasteiger partial charge is 0.337 e. The molecule has 2 aromatic carbocycles. The summed E-state index contributed by atoms with van der Waals surface area (Å²) in [6.07, 6.45) is 0. The summed E-state index contributed by atoms with van der Waals surface area (Å²) >= 11 is 0. The predicted octanol–water partition coefficient (Wildman–Crippen LogP) is -0.236. The van der Waals surface area contributed by atoms with E-state index in [2.05, 4.69) is 0 Å². The van der Waals surface area contributed by atoms with Gasteiger partial charge >= 0.3 is 5.97 Å². The molecule has 178 valence electrons. The summed E-state index contributed by atoms with van der Waals surface area (Å²) < 4.78 is 120. The van der Waals surface area contributed by atoms with Crippen LogP contribution in [0.4, 0.5) is 0 Å². The van der Waals surface area contributed by atoms with E-state index in [0.29, 0.717) is 24.3 Å². The van der Waals surface area contributed by atoms with Crippen molar-refractivity contribution in [3.05, 3.63) is 42.0 Å². The lowest BCUT2D eigenvalue weighted by Crippen LogP contribution is -2.10. The highest BCUT2D eigenvalue weighted by atomic mass is 32.2. The van der Waals surface area contributed by atoms with Gasteiger partial charge in [-0.15, -0.1) is 0 Å². The van der Waals surface area contributed by atoms with Crippen LogP contribution in [0.1, 0.15) is 10.4 Å². The Balaban J connectivity index is 0.000000323. The Morgan fingerprint density at radius 1 is 0.594 bits per heavy atom. The maximum atomic E-state index is 10.9. The van der Waals surface area contributed by atoms with Crippen molar-refractivity contribution >= 4 is 46.4 Å². The Kier molecular flexibility index (Phi) is 7.76. The van der Waals surface area contributed by atoms with Crippen molar-refractivity contribution in [1.29, 1.82) is 0 Å². The molecule has 15 nitrogen and oxygen atoms in total. The molecule has 0 bridgehead atoms. The monoisotopic (exact) mass is 536 g/mol. The Bertz CT molecular complexity index is 1480. The highest BCUT2D eigenvalue weighted by Gasteiger charge is 2.23. The van der Waals surface area contributed by atoms with Crippen molar-refractivity contribution in [3.63, 3.8) is 0 Å². The number of aromatic hydroxyl groups is 1. The van der Waals surface area contributed by atoms with Crippen molar-refractivity contribution in [1.82, 2.24) is 0 Å². The molecule has 0 aliphatic heterocycles. The van der Waals surface area contributed by atoms with Gasteiger partial charge in [0.25, 0.3) is 40.5 Å². The van der Waals surface area contributed by atoms with Crippen LogP contribution in [0.2, 0.25) is 0 Å². The van der Waals surface area contributed by atoms with E-state index in [1.54, 1.807) is 0 Å². The average Bonchev–Trinajstić information content (AvgIpc) is 2.58. The molecule has 0 spiro atoms. The summed E-state index contributed by atoms with van der Waals surface area (Å²) in [5.41, 5.74) is -0.806. The van der Waals surface area contributed by atoms with Crippen LogP contribution in [0, 0.1) is 0 Å². The van der Waals surface area contributed by atoms with Crippen molar-refractivity contribution in [2.75, 3.05) is 0 Å². The zero-order valence-electron chi connectivity index (χ0n) is 15.0. The molecule has 0 aliphatic rings. The Hall–Kier alpha value is -2.65. The topological polar surface area (TPSA) is 275 Å². The van der Waals surface area contributed by atoms with E-state index < -0.39 is 77.3 Å². The van der Waals surface area contributed by atoms with Crippen molar-refractivity contribution in [2.24, 2.45) is 0 Å². The van der Waals surface area contributed by atoms with Gasteiger partial charge < -0.3 is 10.2 Å². The summed E-state index contributed by atoms with van der Waals surface area (Å²) in [7, 11) is -18.9. The number of phenols is 1. The second kappa shape index (κ2) is 9.07. The fourth-order valence-corrected chi connectivity index (χ4v) is 4.39. The van der Waals surface area contributed by atoms with Crippen LogP contribution in [0.3, 0.4) is 0 Å². The molecule has 0 saturated heterocycles. The number of benzene rings is 2. The van der Waals surface area contributed by atoms with Crippen LogP contribution < -0.4 is 0 Å². The molecule has 32 heavy (non-hydrogen) atoms. The predicted molar refractivity (Wildman–Crippen MR) is 101 cm³/mol. The van der Waals surface area contributed by atoms with Gasteiger partial charge in [-0.1, -0.05) is 0 Å². The number of hydrogen-bond acceptors (Lipinski definition) is 10. The quantitative estimate of drug-likeness (QED) is 0.269. The zero-order chi connectivity index (χ0) is 25.3. The second-order valence-corrected chi connectivity index (χ2v) is 11.1. The zero-order valence-corrected chi connectivity index (χ0v) is 18.2. The summed E-state index contributed by atoms with van der Waals surface area (Å²) in [6, 6.07) is 3.67. The van der Waals surface area contributed by atoms with E-state index in [-0.39, 0.29) is 0 Å². The van der Waals surface area contributed by atoms with Crippen molar-refractivity contribution in [2.45, 2.75) is 19.6 Å². The van der Waals surface area contributed by atoms with Gasteiger partial charge in [0, 0.05) is 0 Å². The standard InChI is InChI=1S/C7H6O8S2.C6H6O7S2/c8-7(9)5-2-1-4(16(10,11)12)3-6(5)17(13,14)15;7-5-2-1-4(14(8,9)10)3-6(5)15(11,12)13/h1-3H,(H,8,9)(H,10,11,12)(H,13,14,15);1-3,7H,(H,8,9,10)(H,11,12,13). The van der Waals surface area contributed by atoms with Gasteiger partial charge in [-0.2, -0.15) is 33.7 Å². The first-order chi connectivity index (χ1) is 14.2. The fourth-order valence-electron chi connectivity index (χ4n) is 1.91. The minimum absolute atomic E-state index is 0.355. The highest BCUT2D eigenvalue weighted by Crippen LogP contribution is 2.25. The fraction of sp³-hybridized carbons (Fsp3) is 0. The first-order valence-corrected chi connectivity index (χ1v) is 13.0. The van der Waals surface area contributed by atoms with Crippen LogP contribution in [0.15, 0.2) is 56.0 Å². The number of rotatable bonds is 5. The van der Waals surface area contributed by atoms with Crippen molar-refractivity contribution in [3.8, 4) is 5.75 Å². The number of carbonyl (C=O) groups is 1. The van der Waals surface area contributed by atoms with Crippen molar-refractivity contribution < 1.29 is 66.9 Å². The van der Waals surface area contributed by atoms with E-state index >= 15 is 0 Å². The van der Waals surface area contributed by atoms with Crippen LogP contribution in [-0.2, 0) is 40.5 Å². The molecule has 0 aliphatic carbocycles. The maximum Gasteiger partial charge on any atom is 0.337 e. The normalized spacial score (nSPS) is 12.5. The molecule has 2 rings (SSSR count). The number of aromatic carboxylic acids is 1. The number of phenolic OH excluding ortho intramolecular Hbond substituents is 1. The molecular formula is C13H12O15S4. The van der Waals surface area contributed by atoms with Gasteiger partial charge in [-0.25, -0.2) is 4.79 Å².